The van der Waals surface area contributed by atoms with Crippen LogP contribution < -0.4 is 5.32 Å². The van der Waals surface area contributed by atoms with Crippen molar-refractivity contribution in [3.8, 4) is 0 Å². The first-order valence-corrected chi connectivity index (χ1v) is 10.0. The maximum atomic E-state index is 12.4. The molecule has 1 fully saturated rings. The van der Waals surface area contributed by atoms with Crippen molar-refractivity contribution < 1.29 is 4.79 Å². The molecule has 3 heterocycles. The molecule has 1 saturated heterocycles. The van der Waals surface area contributed by atoms with Gasteiger partial charge < -0.3 is 14.8 Å². The van der Waals surface area contributed by atoms with Gasteiger partial charge in [-0.05, 0) is 43.7 Å². The fourth-order valence-electron chi connectivity index (χ4n) is 4.03. The van der Waals surface area contributed by atoms with Crippen LogP contribution in [0.4, 0.5) is 0 Å². The van der Waals surface area contributed by atoms with Crippen molar-refractivity contribution in [2.45, 2.75) is 38.3 Å². The van der Waals surface area contributed by atoms with E-state index >= 15 is 0 Å². The van der Waals surface area contributed by atoms with Crippen LogP contribution in [-0.4, -0.2) is 44.5 Å². The number of rotatable bonds is 8. The number of imidazole rings is 1. The molecule has 0 spiro atoms. The number of hydrogen-bond donors (Lipinski definition) is 1. The molecule has 0 aliphatic carbocycles. The highest BCUT2D eigenvalue weighted by molar-refractivity contribution is 5.79. The fraction of sp³-hybridized carbons (Fsp3) is 0.409. The minimum Gasteiger partial charge on any atom is -0.339 e. The molecule has 1 atom stereocenters. The van der Waals surface area contributed by atoms with Crippen LogP contribution in [0.25, 0.3) is 11.0 Å². The Morgan fingerprint density at radius 3 is 2.86 bits per heavy atom. The van der Waals surface area contributed by atoms with Gasteiger partial charge in [0.25, 0.3) is 0 Å². The number of para-hydroxylation sites is 2. The molecule has 28 heavy (non-hydrogen) atoms. The van der Waals surface area contributed by atoms with Crippen LogP contribution in [0, 0.1) is 0 Å². The lowest BCUT2D eigenvalue weighted by Gasteiger charge is -2.25. The SMILES string of the molecule is Cn1c(CCN2C(=O)CCC2CCNCc2ccccn2)nc2ccccc21. The van der Waals surface area contributed by atoms with Crippen molar-refractivity contribution in [3.63, 3.8) is 0 Å². The van der Waals surface area contributed by atoms with Crippen LogP contribution in [0.1, 0.15) is 30.8 Å². The number of likely N-dealkylation sites (tertiary alicyclic amines) is 1. The average Bonchev–Trinajstić information content (AvgIpc) is 3.24. The molecule has 3 aromatic rings. The highest BCUT2D eigenvalue weighted by atomic mass is 16.2. The zero-order valence-corrected chi connectivity index (χ0v) is 16.3. The lowest BCUT2D eigenvalue weighted by molar-refractivity contribution is -0.129. The average molecular weight is 377 g/mol. The smallest absolute Gasteiger partial charge is 0.222 e. The second kappa shape index (κ2) is 8.52. The summed E-state index contributed by atoms with van der Waals surface area (Å²) in [6, 6.07) is 14.4. The number of nitrogens with one attached hydrogen (secondary N) is 1. The van der Waals surface area contributed by atoms with E-state index in [-0.39, 0.29) is 5.91 Å². The van der Waals surface area contributed by atoms with E-state index < -0.39 is 0 Å². The molecule has 1 aliphatic rings. The topological polar surface area (TPSA) is 63.1 Å². The maximum absolute atomic E-state index is 12.4. The van der Waals surface area contributed by atoms with Gasteiger partial charge in [0.05, 0.1) is 16.7 Å². The minimum atomic E-state index is 0.272. The largest absolute Gasteiger partial charge is 0.339 e. The van der Waals surface area contributed by atoms with Crippen molar-refractivity contribution in [2.75, 3.05) is 13.1 Å². The number of nitrogens with zero attached hydrogens (tertiary/aromatic N) is 4. The molecule has 0 bridgehead atoms. The standard InChI is InChI=1S/C22H27N5O/c1-26-20-8-3-2-7-19(20)25-21(26)12-15-27-18(9-10-22(27)28)11-14-23-16-17-6-4-5-13-24-17/h2-8,13,18,23H,9-12,14-16H2,1H3. The van der Waals surface area contributed by atoms with Crippen LogP contribution in [0.5, 0.6) is 0 Å². The van der Waals surface area contributed by atoms with Crippen molar-refractivity contribution in [1.29, 1.82) is 0 Å². The second-order valence-corrected chi connectivity index (χ2v) is 7.39. The number of pyridine rings is 1. The van der Waals surface area contributed by atoms with Crippen molar-refractivity contribution in [3.05, 3.63) is 60.2 Å². The van der Waals surface area contributed by atoms with E-state index in [0.29, 0.717) is 12.5 Å². The quantitative estimate of drug-likeness (QED) is 0.613. The third-order valence-electron chi connectivity index (χ3n) is 5.60. The normalized spacial score (nSPS) is 17.0. The lowest BCUT2D eigenvalue weighted by atomic mass is 10.1. The molecule has 6 nitrogen and oxygen atoms in total. The molecule has 6 heteroatoms. The van der Waals surface area contributed by atoms with Gasteiger partial charge in [-0.25, -0.2) is 4.98 Å². The Hall–Kier alpha value is -2.73. The number of carbonyl (C=O) groups excluding carboxylic acids is 1. The fourth-order valence-corrected chi connectivity index (χ4v) is 4.03. The molecule has 4 rings (SSSR count). The van der Waals surface area contributed by atoms with Crippen LogP contribution in [0.3, 0.4) is 0 Å². The van der Waals surface area contributed by atoms with Crippen molar-refractivity contribution >= 4 is 16.9 Å². The molecule has 1 amide bonds. The minimum absolute atomic E-state index is 0.272. The summed E-state index contributed by atoms with van der Waals surface area (Å²) in [5.74, 6) is 1.31. The number of aryl methyl sites for hydroxylation is 1. The first kappa shape index (κ1) is 18.6. The highest BCUT2D eigenvalue weighted by Crippen LogP contribution is 2.22. The van der Waals surface area contributed by atoms with E-state index in [2.05, 4.69) is 32.9 Å². The van der Waals surface area contributed by atoms with Crippen molar-refractivity contribution in [1.82, 2.24) is 24.8 Å². The summed E-state index contributed by atoms with van der Waals surface area (Å²) in [7, 11) is 2.05. The number of hydrogen-bond acceptors (Lipinski definition) is 4. The van der Waals surface area contributed by atoms with E-state index in [4.69, 9.17) is 4.98 Å². The number of fused-ring (bicyclic) bond motifs is 1. The van der Waals surface area contributed by atoms with Gasteiger partial charge in [-0.2, -0.15) is 0 Å². The van der Waals surface area contributed by atoms with Crippen LogP contribution in [0.15, 0.2) is 48.7 Å². The van der Waals surface area contributed by atoms with E-state index in [1.165, 1.54) is 0 Å². The third-order valence-corrected chi connectivity index (χ3v) is 5.60. The molecule has 1 aromatic carbocycles. The van der Waals surface area contributed by atoms with Gasteiger partial charge in [-0.3, -0.25) is 9.78 Å². The van der Waals surface area contributed by atoms with Crippen LogP contribution >= 0.6 is 0 Å². The van der Waals surface area contributed by atoms with Gasteiger partial charge >= 0.3 is 0 Å². The summed E-state index contributed by atoms with van der Waals surface area (Å²) in [6.07, 6.45) is 5.19. The van der Waals surface area contributed by atoms with E-state index in [1.807, 2.05) is 42.6 Å². The Balaban J connectivity index is 1.31. The molecular weight excluding hydrogens is 350 g/mol. The summed E-state index contributed by atoms with van der Waals surface area (Å²) in [6.45, 7) is 2.39. The number of aromatic nitrogens is 3. The van der Waals surface area contributed by atoms with Gasteiger partial charge in [0.1, 0.15) is 5.82 Å². The summed E-state index contributed by atoms with van der Waals surface area (Å²) in [4.78, 5) is 23.5. The Kier molecular flexibility index (Phi) is 5.67. The van der Waals surface area contributed by atoms with Gasteiger partial charge in [0.2, 0.25) is 5.91 Å². The summed E-state index contributed by atoms with van der Waals surface area (Å²) in [5, 5.41) is 3.45. The van der Waals surface area contributed by atoms with Gasteiger partial charge in [0.15, 0.2) is 0 Å². The molecule has 146 valence electrons. The van der Waals surface area contributed by atoms with Gasteiger partial charge in [-0.1, -0.05) is 18.2 Å². The molecular formula is C22H27N5O. The predicted molar refractivity (Wildman–Crippen MR) is 110 cm³/mol. The zero-order chi connectivity index (χ0) is 19.3. The Labute approximate surface area is 165 Å². The molecule has 1 aliphatic heterocycles. The molecule has 0 radical (unpaired) electrons. The molecule has 1 unspecified atom stereocenters. The third kappa shape index (κ3) is 4.07. The van der Waals surface area contributed by atoms with E-state index in [1.54, 1.807) is 0 Å². The summed E-state index contributed by atoms with van der Waals surface area (Å²) < 4.78 is 2.14. The van der Waals surface area contributed by atoms with Gasteiger partial charge in [0, 0.05) is 45.2 Å². The molecule has 2 aromatic heterocycles. The Morgan fingerprint density at radius 2 is 2.04 bits per heavy atom. The van der Waals surface area contributed by atoms with E-state index in [9.17, 15) is 4.79 Å². The van der Waals surface area contributed by atoms with Crippen molar-refractivity contribution in [2.24, 2.45) is 7.05 Å². The van der Waals surface area contributed by atoms with Gasteiger partial charge in [-0.15, -0.1) is 0 Å². The van der Waals surface area contributed by atoms with Crippen LogP contribution in [0.2, 0.25) is 0 Å². The number of benzene rings is 1. The zero-order valence-electron chi connectivity index (χ0n) is 16.3. The van der Waals surface area contributed by atoms with E-state index in [0.717, 1.165) is 61.4 Å². The first-order valence-electron chi connectivity index (χ1n) is 10.0. The molecule has 0 saturated carbocycles. The second-order valence-electron chi connectivity index (χ2n) is 7.39. The summed E-state index contributed by atoms with van der Waals surface area (Å²) in [5.41, 5.74) is 3.20. The summed E-state index contributed by atoms with van der Waals surface area (Å²) >= 11 is 0. The Bertz CT molecular complexity index is 937. The van der Waals surface area contributed by atoms with Crippen LogP contribution in [-0.2, 0) is 24.8 Å². The predicted octanol–water partition coefficient (Wildman–Crippen LogP) is 2.68. The lowest BCUT2D eigenvalue weighted by Crippen LogP contribution is -2.37. The highest BCUT2D eigenvalue weighted by Gasteiger charge is 2.30. The first-order chi connectivity index (χ1) is 13.7. The molecule has 1 N–H and O–H groups in total. The number of carbonyl (C=O) groups is 1. The monoisotopic (exact) mass is 377 g/mol. The Morgan fingerprint density at radius 1 is 1.18 bits per heavy atom. The number of amides is 1. The maximum Gasteiger partial charge on any atom is 0.222 e.